The molecule has 0 saturated carbocycles. The lowest BCUT2D eigenvalue weighted by Crippen LogP contribution is -2.16. The molecule has 4 aromatic carbocycles. The number of nitro groups is 2. The van der Waals surface area contributed by atoms with Crippen LogP contribution in [0.25, 0.3) is 0 Å². The minimum absolute atomic E-state index is 0.146. The molecule has 0 atom stereocenters. The molecule has 0 spiro atoms. The van der Waals surface area contributed by atoms with Crippen molar-refractivity contribution in [2.24, 2.45) is 0 Å². The number of non-ortho nitro benzene ring substituents is 2. The summed E-state index contributed by atoms with van der Waals surface area (Å²) in [5.74, 6) is 1.54. The maximum atomic E-state index is 10.9. The topological polar surface area (TPSA) is 163 Å². The van der Waals surface area contributed by atoms with E-state index >= 15 is 0 Å². The first kappa shape index (κ1) is 38.9. The van der Waals surface area contributed by atoms with Gasteiger partial charge in [0.1, 0.15) is 11.5 Å². The lowest BCUT2D eigenvalue weighted by Gasteiger charge is -2.17. The third-order valence-corrected chi connectivity index (χ3v) is 7.77. The Hall–Kier alpha value is -5.54. The maximum Gasteiger partial charge on any atom is 0.446 e. The summed E-state index contributed by atoms with van der Waals surface area (Å²) in [6.45, 7) is 7.96. The largest absolute Gasteiger partial charge is 0.497 e. The molecule has 6 rings (SSSR count). The van der Waals surface area contributed by atoms with E-state index in [1.54, 1.807) is 38.5 Å². The number of aryl methyl sites for hydroxylation is 2. The number of methoxy groups -OCH3 is 2. The van der Waals surface area contributed by atoms with E-state index in [9.17, 15) is 33.4 Å². The zero-order valence-corrected chi connectivity index (χ0v) is 28.0. The van der Waals surface area contributed by atoms with Gasteiger partial charge in [-0.1, -0.05) is 24.3 Å². The van der Waals surface area contributed by atoms with Gasteiger partial charge in [-0.25, -0.2) is 0 Å². The zero-order valence-electron chi connectivity index (χ0n) is 28.0. The van der Waals surface area contributed by atoms with Crippen molar-refractivity contribution in [1.82, 2.24) is 10.2 Å². The summed E-state index contributed by atoms with van der Waals surface area (Å²) in [5, 5.41) is 24.4. The Morgan fingerprint density at radius 1 is 0.800 bits per heavy atom. The number of hydrogen-bond acceptors (Lipinski definition) is 10. The van der Waals surface area contributed by atoms with Crippen molar-refractivity contribution in [3.63, 3.8) is 0 Å². The van der Waals surface area contributed by atoms with Crippen LogP contribution in [0.5, 0.6) is 11.5 Å². The fraction of sp³-hybridized carbons (Fsp3) is 0.286. The van der Waals surface area contributed by atoms with Gasteiger partial charge >= 0.3 is 6.18 Å². The van der Waals surface area contributed by atoms with E-state index in [1.165, 1.54) is 17.2 Å². The van der Waals surface area contributed by atoms with Gasteiger partial charge in [-0.15, -0.1) is 0 Å². The molecule has 0 aliphatic carbocycles. The SMILES string of the molecule is COc1ccc(CN2Cc3ccc([N+](=O)[O-])cc3C2)c(OC)c1.Cc1ccc([N+](=O)[O-])cc1C.Nc1ccc2c(c1)CNC2.O=CC(F)(F)F. The molecule has 0 fully saturated rings. The summed E-state index contributed by atoms with van der Waals surface area (Å²) >= 11 is 0. The van der Waals surface area contributed by atoms with Crippen molar-refractivity contribution < 1.29 is 37.3 Å². The molecular formula is C35H38F3N5O7. The molecule has 0 saturated heterocycles. The summed E-state index contributed by atoms with van der Waals surface area (Å²) in [5.41, 5.74) is 14.8. The molecule has 3 N–H and O–H groups in total. The van der Waals surface area contributed by atoms with Crippen LogP contribution in [0.15, 0.2) is 72.8 Å². The van der Waals surface area contributed by atoms with Crippen molar-refractivity contribution in [3.8, 4) is 11.5 Å². The minimum Gasteiger partial charge on any atom is -0.497 e. The molecule has 2 aliphatic rings. The van der Waals surface area contributed by atoms with Crippen molar-refractivity contribution >= 4 is 23.3 Å². The average molecular weight is 698 g/mol. The Labute approximate surface area is 286 Å². The highest BCUT2D eigenvalue weighted by molar-refractivity contribution is 5.56. The molecule has 50 heavy (non-hydrogen) atoms. The van der Waals surface area contributed by atoms with Crippen LogP contribution < -0.4 is 20.5 Å². The number of rotatable bonds is 6. The molecule has 15 heteroatoms. The number of halogens is 3. The molecular weight excluding hydrogens is 659 g/mol. The number of carbonyl (C=O) groups is 1. The standard InChI is InChI=1S/C17H18N2O4.C8H10N2.C8H9NO2.C2HF3O/c1-22-16-6-4-13(17(8-16)23-2)10-18-9-12-3-5-15(19(20)21)7-14(12)11-18;9-8-2-1-6-4-10-5-7(6)3-8;1-6-3-4-8(9(10)11)5-7(6)2;3-2(4,5)1-6/h3-8H,9-11H2,1-2H3;1-3,10H,4-5,9H2;3-5H,1-2H3;1H. The number of nitrogen functional groups attached to an aromatic ring is 1. The molecule has 0 unspecified atom stereocenters. The van der Waals surface area contributed by atoms with Gasteiger partial charge in [0, 0.05) is 74.3 Å². The van der Waals surface area contributed by atoms with Gasteiger partial charge in [-0.2, -0.15) is 13.2 Å². The lowest BCUT2D eigenvalue weighted by molar-refractivity contribution is -0.385. The third-order valence-electron chi connectivity index (χ3n) is 7.77. The van der Waals surface area contributed by atoms with Gasteiger partial charge in [-0.05, 0) is 65.4 Å². The van der Waals surface area contributed by atoms with Gasteiger partial charge in [-0.3, -0.25) is 29.9 Å². The Balaban J connectivity index is 0.000000208. The fourth-order valence-electron chi connectivity index (χ4n) is 5.05. The smallest absolute Gasteiger partial charge is 0.446 e. The molecule has 2 heterocycles. The van der Waals surface area contributed by atoms with Crippen LogP contribution in [0.4, 0.5) is 30.2 Å². The number of nitrogens with two attached hydrogens (primary N) is 1. The maximum absolute atomic E-state index is 10.9. The van der Waals surface area contributed by atoms with Gasteiger partial charge in [0.2, 0.25) is 6.29 Å². The van der Waals surface area contributed by atoms with Crippen LogP contribution in [-0.2, 0) is 37.5 Å². The number of fused-ring (bicyclic) bond motifs is 2. The summed E-state index contributed by atoms with van der Waals surface area (Å²) in [4.78, 5) is 31.4. The van der Waals surface area contributed by atoms with Crippen molar-refractivity contribution in [2.45, 2.75) is 52.7 Å². The van der Waals surface area contributed by atoms with E-state index in [-0.39, 0.29) is 21.2 Å². The summed E-state index contributed by atoms with van der Waals surface area (Å²) in [6.07, 6.45) is -5.70. The second-order valence-electron chi connectivity index (χ2n) is 11.3. The first-order valence-electron chi connectivity index (χ1n) is 15.2. The summed E-state index contributed by atoms with van der Waals surface area (Å²) in [7, 11) is 3.26. The second-order valence-corrected chi connectivity index (χ2v) is 11.3. The number of aldehydes is 1. The predicted octanol–water partition coefficient (Wildman–Crippen LogP) is 6.96. The predicted molar refractivity (Wildman–Crippen MR) is 182 cm³/mol. The number of ether oxygens (including phenoxy) is 2. The Kier molecular flexibility index (Phi) is 13.8. The highest BCUT2D eigenvalue weighted by Gasteiger charge is 2.25. The first-order valence-corrected chi connectivity index (χ1v) is 15.2. The van der Waals surface area contributed by atoms with E-state index in [2.05, 4.69) is 16.3 Å². The van der Waals surface area contributed by atoms with Gasteiger partial charge in [0.15, 0.2) is 0 Å². The first-order chi connectivity index (χ1) is 23.6. The van der Waals surface area contributed by atoms with Crippen LogP contribution >= 0.6 is 0 Å². The number of alkyl halides is 3. The van der Waals surface area contributed by atoms with Crippen LogP contribution in [0.3, 0.4) is 0 Å². The number of hydrogen-bond donors (Lipinski definition) is 2. The number of carbonyl (C=O) groups excluding carboxylic acids is 1. The molecule has 0 aromatic heterocycles. The minimum atomic E-state index is -4.64. The number of anilines is 1. The van der Waals surface area contributed by atoms with E-state index < -0.39 is 12.5 Å². The molecule has 266 valence electrons. The number of benzene rings is 4. The molecule has 12 nitrogen and oxygen atoms in total. The Morgan fingerprint density at radius 3 is 2.00 bits per heavy atom. The number of nitrogens with zero attached hydrogens (tertiary/aromatic N) is 3. The quantitative estimate of drug-likeness (QED) is 0.0932. The zero-order chi connectivity index (χ0) is 37.0. The normalized spacial score (nSPS) is 12.8. The van der Waals surface area contributed by atoms with Crippen molar-refractivity contribution in [3.05, 3.63) is 132 Å². The average Bonchev–Trinajstić information content (AvgIpc) is 3.72. The summed E-state index contributed by atoms with van der Waals surface area (Å²) in [6, 6.07) is 21.8. The van der Waals surface area contributed by atoms with E-state index in [0.717, 1.165) is 71.2 Å². The van der Waals surface area contributed by atoms with Gasteiger partial charge in [0.25, 0.3) is 11.4 Å². The monoisotopic (exact) mass is 697 g/mol. The van der Waals surface area contributed by atoms with Crippen molar-refractivity contribution in [2.75, 3.05) is 20.0 Å². The number of nitrogens with one attached hydrogen (secondary N) is 1. The Bertz CT molecular complexity index is 1820. The highest BCUT2D eigenvalue weighted by atomic mass is 19.4. The van der Waals surface area contributed by atoms with E-state index in [1.807, 2.05) is 50.2 Å². The fourth-order valence-corrected chi connectivity index (χ4v) is 5.05. The van der Waals surface area contributed by atoms with Crippen molar-refractivity contribution in [1.29, 1.82) is 0 Å². The molecule has 0 radical (unpaired) electrons. The Morgan fingerprint density at radius 2 is 1.40 bits per heavy atom. The third kappa shape index (κ3) is 11.6. The van der Waals surface area contributed by atoms with Crippen LogP contribution in [-0.4, -0.2) is 41.4 Å². The number of nitro benzene ring substituents is 2. The van der Waals surface area contributed by atoms with Crippen LogP contribution in [0.2, 0.25) is 0 Å². The van der Waals surface area contributed by atoms with Crippen LogP contribution in [0, 0.1) is 34.1 Å². The van der Waals surface area contributed by atoms with E-state index in [4.69, 9.17) is 20.0 Å². The van der Waals surface area contributed by atoms with E-state index in [0.29, 0.717) is 6.54 Å². The lowest BCUT2D eigenvalue weighted by atomic mass is 10.1. The molecule has 0 amide bonds. The molecule has 0 bridgehead atoms. The highest BCUT2D eigenvalue weighted by Crippen LogP contribution is 2.31. The van der Waals surface area contributed by atoms with Gasteiger partial charge in [0.05, 0.1) is 24.1 Å². The molecule has 2 aliphatic heterocycles. The summed E-state index contributed by atoms with van der Waals surface area (Å²) < 4.78 is 41.9. The second kappa shape index (κ2) is 17.7. The molecule has 4 aromatic rings. The van der Waals surface area contributed by atoms with Gasteiger partial charge < -0.3 is 20.5 Å². The van der Waals surface area contributed by atoms with Crippen LogP contribution in [0.1, 0.15) is 38.9 Å².